The van der Waals surface area contributed by atoms with Crippen LogP contribution in [0.25, 0.3) is 0 Å². The third-order valence-electron chi connectivity index (χ3n) is 8.79. The van der Waals surface area contributed by atoms with Crippen molar-refractivity contribution >= 4 is 11.8 Å². The summed E-state index contributed by atoms with van der Waals surface area (Å²) >= 11 is 0. The molecule has 3 heteroatoms. The van der Waals surface area contributed by atoms with Crippen LogP contribution in [0.4, 0.5) is 0 Å². The van der Waals surface area contributed by atoms with E-state index in [1.54, 1.807) is 0 Å². The second-order valence-corrected chi connectivity index (χ2v) is 12.9. The Morgan fingerprint density at radius 2 is 0.732 bits per heavy atom. The average molecular weight is 579 g/mol. The number of hydrogen-bond acceptors (Lipinski definition) is 3. The topological polar surface area (TPSA) is 43.4 Å². The first kappa shape index (κ1) is 40.1. The fourth-order valence-corrected chi connectivity index (χ4v) is 5.89. The van der Waals surface area contributed by atoms with Crippen LogP contribution in [0.1, 0.15) is 220 Å². The van der Waals surface area contributed by atoms with E-state index in [2.05, 4.69) is 20.8 Å². The summed E-state index contributed by atoms with van der Waals surface area (Å²) in [6, 6.07) is 0. The van der Waals surface area contributed by atoms with Crippen molar-refractivity contribution in [1.82, 2.24) is 0 Å². The molecular weight excluding hydrogens is 504 g/mol. The molecule has 0 fully saturated rings. The maximum atomic E-state index is 13.0. The molecule has 0 aromatic carbocycles. The van der Waals surface area contributed by atoms with Gasteiger partial charge in [-0.1, -0.05) is 194 Å². The molecular formula is C38H74O3. The summed E-state index contributed by atoms with van der Waals surface area (Å²) in [4.78, 5) is 26.0. The van der Waals surface area contributed by atoms with E-state index in [-0.39, 0.29) is 11.8 Å². The van der Waals surface area contributed by atoms with E-state index < -0.39 is 5.92 Å². The molecule has 1 atom stereocenters. The van der Waals surface area contributed by atoms with Gasteiger partial charge in [0.25, 0.3) is 0 Å². The Morgan fingerprint density at radius 3 is 1.12 bits per heavy atom. The van der Waals surface area contributed by atoms with E-state index in [0.29, 0.717) is 19.4 Å². The Hall–Kier alpha value is -0.860. The zero-order valence-electron chi connectivity index (χ0n) is 28.4. The van der Waals surface area contributed by atoms with Gasteiger partial charge in [-0.2, -0.15) is 0 Å². The normalized spacial score (nSPS) is 12.1. The number of carbonyl (C=O) groups is 2. The Labute approximate surface area is 258 Å². The predicted molar refractivity (Wildman–Crippen MR) is 180 cm³/mol. The molecule has 0 bridgehead atoms. The first-order valence-corrected chi connectivity index (χ1v) is 18.9. The van der Waals surface area contributed by atoms with Crippen LogP contribution >= 0.6 is 0 Å². The largest absolute Gasteiger partial charge is 0.465 e. The maximum absolute atomic E-state index is 13.0. The highest BCUT2D eigenvalue weighted by Crippen LogP contribution is 2.20. The molecule has 1 unspecified atom stereocenters. The molecule has 0 amide bonds. The molecule has 0 aliphatic rings. The first-order chi connectivity index (χ1) is 20.2. The van der Waals surface area contributed by atoms with Crippen LogP contribution in [-0.4, -0.2) is 18.4 Å². The lowest BCUT2D eigenvalue weighted by Crippen LogP contribution is -2.26. The Bertz CT molecular complexity index is 544. The van der Waals surface area contributed by atoms with E-state index in [1.807, 2.05) is 0 Å². The average Bonchev–Trinajstić information content (AvgIpc) is 2.97. The SMILES string of the molecule is CCCCCCCCCCCCCCCCC(C(=O)CCCCCCCCC)C(=O)OCCCCCCCCCC. The Balaban J connectivity index is 4.16. The lowest BCUT2D eigenvalue weighted by molar-refractivity contribution is -0.152. The molecule has 0 N–H and O–H groups in total. The minimum atomic E-state index is -0.526. The summed E-state index contributed by atoms with van der Waals surface area (Å²) in [6.07, 6.45) is 37.9. The maximum Gasteiger partial charge on any atom is 0.316 e. The van der Waals surface area contributed by atoms with Gasteiger partial charge in [0.2, 0.25) is 0 Å². The zero-order chi connectivity index (χ0) is 30.1. The highest BCUT2D eigenvalue weighted by molar-refractivity contribution is 5.98. The molecule has 0 spiro atoms. The number of esters is 1. The van der Waals surface area contributed by atoms with Gasteiger partial charge in [-0.05, 0) is 19.3 Å². The number of carbonyl (C=O) groups excluding carboxylic acids is 2. The van der Waals surface area contributed by atoms with Gasteiger partial charge in [-0.15, -0.1) is 0 Å². The molecule has 244 valence electrons. The van der Waals surface area contributed by atoms with Crippen molar-refractivity contribution in [1.29, 1.82) is 0 Å². The van der Waals surface area contributed by atoms with E-state index >= 15 is 0 Å². The lowest BCUT2D eigenvalue weighted by Gasteiger charge is -2.15. The van der Waals surface area contributed by atoms with E-state index in [1.165, 1.54) is 148 Å². The Morgan fingerprint density at radius 1 is 0.415 bits per heavy atom. The monoisotopic (exact) mass is 579 g/mol. The summed E-state index contributed by atoms with van der Waals surface area (Å²) < 4.78 is 5.65. The van der Waals surface area contributed by atoms with Crippen LogP contribution in [0.2, 0.25) is 0 Å². The van der Waals surface area contributed by atoms with Gasteiger partial charge in [0, 0.05) is 6.42 Å². The molecule has 0 saturated carbocycles. The highest BCUT2D eigenvalue weighted by atomic mass is 16.5. The number of Topliss-reactive ketones (excluding diaryl/α,β-unsaturated/α-hetero) is 1. The third-order valence-corrected chi connectivity index (χ3v) is 8.79. The van der Waals surface area contributed by atoms with Crippen LogP contribution in [0, 0.1) is 5.92 Å². The second-order valence-electron chi connectivity index (χ2n) is 12.9. The van der Waals surface area contributed by atoms with Gasteiger partial charge in [0.15, 0.2) is 0 Å². The standard InChI is InChI=1S/C38H74O3/c1-4-7-10-13-16-18-19-20-21-22-23-25-27-30-33-36(37(39)34-31-28-24-15-12-9-6-3)38(40)41-35-32-29-26-17-14-11-8-5-2/h36H,4-35H2,1-3H3. The fourth-order valence-electron chi connectivity index (χ4n) is 5.89. The van der Waals surface area contributed by atoms with Crippen molar-refractivity contribution in [2.45, 2.75) is 220 Å². The van der Waals surface area contributed by atoms with Crippen molar-refractivity contribution in [2.75, 3.05) is 6.61 Å². The van der Waals surface area contributed by atoms with Crippen LogP contribution in [0.5, 0.6) is 0 Å². The van der Waals surface area contributed by atoms with Crippen molar-refractivity contribution in [2.24, 2.45) is 5.92 Å². The number of ketones is 1. The summed E-state index contributed by atoms with van der Waals surface area (Å²) in [6.45, 7) is 7.25. The van der Waals surface area contributed by atoms with Crippen molar-refractivity contribution in [3.63, 3.8) is 0 Å². The first-order valence-electron chi connectivity index (χ1n) is 18.9. The molecule has 0 aliphatic carbocycles. The van der Waals surface area contributed by atoms with Gasteiger partial charge < -0.3 is 4.74 Å². The lowest BCUT2D eigenvalue weighted by atomic mass is 9.92. The van der Waals surface area contributed by atoms with E-state index in [4.69, 9.17) is 4.74 Å². The van der Waals surface area contributed by atoms with Crippen LogP contribution in [-0.2, 0) is 14.3 Å². The van der Waals surface area contributed by atoms with Gasteiger partial charge in [0.1, 0.15) is 11.7 Å². The van der Waals surface area contributed by atoms with Gasteiger partial charge >= 0.3 is 5.97 Å². The quantitative estimate of drug-likeness (QED) is 0.0433. The predicted octanol–water partition coefficient (Wildman–Crippen LogP) is 12.9. The molecule has 41 heavy (non-hydrogen) atoms. The summed E-state index contributed by atoms with van der Waals surface area (Å²) in [5.74, 6) is -0.633. The van der Waals surface area contributed by atoms with Crippen LogP contribution in [0.3, 0.4) is 0 Å². The number of rotatable bonds is 34. The molecule has 0 heterocycles. The molecule has 0 radical (unpaired) electrons. The minimum absolute atomic E-state index is 0.133. The van der Waals surface area contributed by atoms with Crippen molar-refractivity contribution in [3.8, 4) is 0 Å². The second kappa shape index (κ2) is 33.6. The summed E-state index contributed by atoms with van der Waals surface area (Å²) in [7, 11) is 0. The van der Waals surface area contributed by atoms with Crippen LogP contribution in [0.15, 0.2) is 0 Å². The van der Waals surface area contributed by atoms with Gasteiger partial charge in [0.05, 0.1) is 6.61 Å². The third kappa shape index (κ3) is 29.0. The highest BCUT2D eigenvalue weighted by Gasteiger charge is 2.27. The molecule has 0 aromatic heterocycles. The molecule has 0 aliphatic heterocycles. The van der Waals surface area contributed by atoms with Crippen LogP contribution < -0.4 is 0 Å². The number of unbranched alkanes of at least 4 members (excludes halogenated alkanes) is 26. The van der Waals surface area contributed by atoms with E-state index in [0.717, 1.165) is 38.5 Å². The van der Waals surface area contributed by atoms with Crippen molar-refractivity contribution in [3.05, 3.63) is 0 Å². The zero-order valence-corrected chi connectivity index (χ0v) is 28.4. The van der Waals surface area contributed by atoms with Gasteiger partial charge in [-0.25, -0.2) is 0 Å². The molecule has 0 aromatic rings. The number of hydrogen-bond donors (Lipinski definition) is 0. The number of ether oxygens (including phenoxy) is 1. The summed E-state index contributed by atoms with van der Waals surface area (Å²) in [5.41, 5.74) is 0. The fraction of sp³-hybridized carbons (Fsp3) is 0.947. The molecule has 0 rings (SSSR count). The smallest absolute Gasteiger partial charge is 0.316 e. The van der Waals surface area contributed by atoms with Crippen molar-refractivity contribution < 1.29 is 14.3 Å². The summed E-state index contributed by atoms with van der Waals surface area (Å²) in [5, 5.41) is 0. The molecule has 0 saturated heterocycles. The molecule has 3 nitrogen and oxygen atoms in total. The Kier molecular flexibility index (Phi) is 32.9. The minimum Gasteiger partial charge on any atom is -0.465 e. The van der Waals surface area contributed by atoms with Gasteiger partial charge in [-0.3, -0.25) is 9.59 Å². The van der Waals surface area contributed by atoms with E-state index in [9.17, 15) is 9.59 Å².